The lowest BCUT2D eigenvalue weighted by Gasteiger charge is -2.41. The molecule has 2 heterocycles. The van der Waals surface area contributed by atoms with Gasteiger partial charge in [-0.2, -0.15) is 0 Å². The molecule has 19 heavy (non-hydrogen) atoms. The Morgan fingerprint density at radius 2 is 2.26 bits per heavy atom. The SMILES string of the molecule is CC(NC1CN(C(=O)OC(C)(C)C)C1)c1nccs1. The standard InChI is InChI=1S/C13H21N3O2S/c1-9(11-14-5-6-19-11)15-10-7-16(8-10)12(17)18-13(2,3)4/h5-6,9-10,15H,7-8H2,1-4H3. The van der Waals surface area contributed by atoms with Crippen LogP contribution in [-0.4, -0.2) is 40.7 Å². The predicted octanol–water partition coefficient (Wildman–Crippen LogP) is 2.41. The Morgan fingerprint density at radius 1 is 1.58 bits per heavy atom. The van der Waals surface area contributed by atoms with Gasteiger partial charge in [-0.3, -0.25) is 0 Å². The quantitative estimate of drug-likeness (QED) is 0.925. The van der Waals surface area contributed by atoms with E-state index in [2.05, 4.69) is 17.2 Å². The summed E-state index contributed by atoms with van der Waals surface area (Å²) >= 11 is 1.64. The van der Waals surface area contributed by atoms with E-state index in [1.807, 2.05) is 32.3 Å². The molecule has 1 unspecified atom stereocenters. The van der Waals surface area contributed by atoms with E-state index in [0.29, 0.717) is 19.1 Å². The van der Waals surface area contributed by atoms with Gasteiger partial charge in [0.1, 0.15) is 10.6 Å². The first kappa shape index (κ1) is 14.3. The monoisotopic (exact) mass is 283 g/mol. The second kappa shape index (κ2) is 5.46. The van der Waals surface area contributed by atoms with Crippen LogP contribution in [0.3, 0.4) is 0 Å². The number of ether oxygens (including phenoxy) is 1. The average molecular weight is 283 g/mol. The summed E-state index contributed by atoms with van der Waals surface area (Å²) in [5, 5.41) is 6.52. The van der Waals surface area contributed by atoms with Gasteiger partial charge >= 0.3 is 6.09 Å². The van der Waals surface area contributed by atoms with E-state index in [9.17, 15) is 4.79 Å². The van der Waals surface area contributed by atoms with Crippen molar-refractivity contribution in [2.75, 3.05) is 13.1 Å². The third-order valence-electron chi connectivity index (χ3n) is 2.84. The molecular formula is C13H21N3O2S. The molecule has 1 aromatic heterocycles. The van der Waals surface area contributed by atoms with Crippen molar-refractivity contribution in [2.24, 2.45) is 0 Å². The minimum atomic E-state index is -0.427. The highest BCUT2D eigenvalue weighted by Gasteiger charge is 2.34. The van der Waals surface area contributed by atoms with Crippen LogP contribution in [0, 0.1) is 0 Å². The molecule has 1 atom stereocenters. The molecule has 6 heteroatoms. The largest absolute Gasteiger partial charge is 0.444 e. The summed E-state index contributed by atoms with van der Waals surface area (Å²) in [6, 6.07) is 0.553. The number of thiazole rings is 1. The number of amides is 1. The second-order valence-corrected chi connectivity index (χ2v) is 6.77. The normalized spacial score (nSPS) is 18.0. The molecule has 1 N–H and O–H groups in total. The Hall–Kier alpha value is -1.14. The summed E-state index contributed by atoms with van der Waals surface area (Å²) in [6.45, 7) is 9.13. The van der Waals surface area contributed by atoms with Crippen LogP contribution >= 0.6 is 11.3 Å². The molecule has 0 aliphatic carbocycles. The van der Waals surface area contributed by atoms with Crippen LogP contribution in [0.4, 0.5) is 4.79 Å². The maximum Gasteiger partial charge on any atom is 0.410 e. The number of hydrogen-bond acceptors (Lipinski definition) is 5. The van der Waals surface area contributed by atoms with Crippen molar-refractivity contribution in [1.29, 1.82) is 0 Å². The van der Waals surface area contributed by atoms with Crippen molar-refractivity contribution >= 4 is 17.4 Å². The number of aromatic nitrogens is 1. The smallest absolute Gasteiger partial charge is 0.410 e. The Kier molecular flexibility index (Phi) is 4.10. The Bertz CT molecular complexity index is 422. The van der Waals surface area contributed by atoms with Gasteiger partial charge in [-0.15, -0.1) is 11.3 Å². The van der Waals surface area contributed by atoms with Gasteiger partial charge in [0, 0.05) is 30.7 Å². The van der Waals surface area contributed by atoms with Crippen molar-refractivity contribution in [1.82, 2.24) is 15.2 Å². The summed E-state index contributed by atoms with van der Waals surface area (Å²) in [4.78, 5) is 17.8. The number of rotatable bonds is 3. The molecule has 1 saturated heterocycles. The lowest BCUT2D eigenvalue weighted by atomic mass is 10.1. The molecule has 106 valence electrons. The van der Waals surface area contributed by atoms with E-state index in [-0.39, 0.29) is 12.1 Å². The highest BCUT2D eigenvalue weighted by atomic mass is 32.1. The van der Waals surface area contributed by atoms with Gasteiger partial charge in [0.15, 0.2) is 0 Å². The first-order chi connectivity index (χ1) is 8.85. The number of nitrogens with one attached hydrogen (secondary N) is 1. The number of carbonyl (C=O) groups excluding carboxylic acids is 1. The Labute approximate surface area is 118 Å². The average Bonchev–Trinajstić information content (AvgIpc) is 2.72. The molecule has 1 amide bonds. The van der Waals surface area contributed by atoms with Crippen molar-refractivity contribution in [3.63, 3.8) is 0 Å². The molecule has 0 bridgehead atoms. The minimum Gasteiger partial charge on any atom is -0.444 e. The summed E-state index contributed by atoms with van der Waals surface area (Å²) in [5.41, 5.74) is -0.427. The fourth-order valence-electron chi connectivity index (χ4n) is 1.93. The zero-order chi connectivity index (χ0) is 14.0. The molecule has 1 aromatic rings. The van der Waals surface area contributed by atoms with Crippen molar-refractivity contribution in [3.05, 3.63) is 16.6 Å². The third-order valence-corrected chi connectivity index (χ3v) is 3.80. The molecule has 0 radical (unpaired) electrons. The maximum atomic E-state index is 11.8. The lowest BCUT2D eigenvalue weighted by molar-refractivity contribution is 0.00434. The molecule has 1 aliphatic heterocycles. The number of carbonyl (C=O) groups is 1. The van der Waals surface area contributed by atoms with Gasteiger partial charge in [0.25, 0.3) is 0 Å². The first-order valence-corrected chi connectivity index (χ1v) is 7.36. The summed E-state index contributed by atoms with van der Waals surface area (Å²) in [5.74, 6) is 0. The number of hydrogen-bond donors (Lipinski definition) is 1. The minimum absolute atomic E-state index is 0.228. The molecule has 0 saturated carbocycles. The van der Waals surface area contributed by atoms with Gasteiger partial charge in [-0.05, 0) is 27.7 Å². The van der Waals surface area contributed by atoms with Crippen LogP contribution in [0.15, 0.2) is 11.6 Å². The Morgan fingerprint density at radius 3 is 2.79 bits per heavy atom. The van der Waals surface area contributed by atoms with Crippen LogP contribution in [0.5, 0.6) is 0 Å². The fraction of sp³-hybridized carbons (Fsp3) is 0.692. The first-order valence-electron chi connectivity index (χ1n) is 6.48. The van der Waals surface area contributed by atoms with E-state index in [1.165, 1.54) is 0 Å². The Balaban J connectivity index is 1.73. The van der Waals surface area contributed by atoms with E-state index in [0.717, 1.165) is 5.01 Å². The molecule has 0 spiro atoms. The van der Waals surface area contributed by atoms with Crippen molar-refractivity contribution < 1.29 is 9.53 Å². The highest BCUT2D eigenvalue weighted by molar-refractivity contribution is 7.09. The second-order valence-electron chi connectivity index (χ2n) is 5.84. The van der Waals surface area contributed by atoms with E-state index < -0.39 is 5.60 Å². The zero-order valence-electron chi connectivity index (χ0n) is 11.8. The fourth-order valence-corrected chi connectivity index (χ4v) is 2.59. The van der Waals surface area contributed by atoms with Crippen LogP contribution in [0.25, 0.3) is 0 Å². The van der Waals surface area contributed by atoms with Crippen LogP contribution < -0.4 is 5.32 Å². The summed E-state index contributed by atoms with van der Waals surface area (Å²) in [6.07, 6.45) is 1.58. The summed E-state index contributed by atoms with van der Waals surface area (Å²) < 4.78 is 5.32. The summed E-state index contributed by atoms with van der Waals surface area (Å²) in [7, 11) is 0. The van der Waals surface area contributed by atoms with Crippen molar-refractivity contribution in [2.45, 2.75) is 45.4 Å². The number of likely N-dealkylation sites (tertiary alicyclic amines) is 1. The van der Waals surface area contributed by atoms with Gasteiger partial charge in [-0.1, -0.05) is 0 Å². The zero-order valence-corrected chi connectivity index (χ0v) is 12.7. The van der Waals surface area contributed by atoms with Gasteiger partial charge in [-0.25, -0.2) is 9.78 Å². The van der Waals surface area contributed by atoms with Crippen LogP contribution in [-0.2, 0) is 4.74 Å². The van der Waals surface area contributed by atoms with E-state index >= 15 is 0 Å². The third kappa shape index (κ3) is 3.91. The van der Waals surface area contributed by atoms with Gasteiger partial charge < -0.3 is 15.0 Å². The topological polar surface area (TPSA) is 54.5 Å². The molecule has 2 rings (SSSR count). The molecule has 1 fully saturated rings. The van der Waals surface area contributed by atoms with Crippen LogP contribution in [0.1, 0.15) is 38.7 Å². The maximum absolute atomic E-state index is 11.8. The number of nitrogens with zero attached hydrogens (tertiary/aromatic N) is 2. The van der Waals surface area contributed by atoms with Gasteiger partial charge in [0.2, 0.25) is 0 Å². The lowest BCUT2D eigenvalue weighted by Crippen LogP contribution is -2.60. The predicted molar refractivity (Wildman–Crippen MR) is 75.3 cm³/mol. The van der Waals surface area contributed by atoms with Gasteiger partial charge in [0.05, 0.1) is 6.04 Å². The van der Waals surface area contributed by atoms with E-state index in [1.54, 1.807) is 16.2 Å². The van der Waals surface area contributed by atoms with Crippen LogP contribution in [0.2, 0.25) is 0 Å². The molecular weight excluding hydrogens is 262 g/mol. The molecule has 0 aromatic carbocycles. The highest BCUT2D eigenvalue weighted by Crippen LogP contribution is 2.20. The van der Waals surface area contributed by atoms with E-state index in [4.69, 9.17) is 4.74 Å². The molecule has 1 aliphatic rings. The van der Waals surface area contributed by atoms with Crippen molar-refractivity contribution in [3.8, 4) is 0 Å². The molecule has 5 nitrogen and oxygen atoms in total.